The van der Waals surface area contributed by atoms with Gasteiger partial charge in [0.1, 0.15) is 6.61 Å². The smallest absolute Gasteiger partial charge is 0.333 e. The molecule has 0 aromatic carbocycles. The number of amides is 1. The standard InChI is InChI=1S/C11H20N2O4S/c1-5-7-13(8-6-2)11(14)9-17-18(15,16)12-10(3)4/h5-6,10,12H,1-2,7-9H2,3-4H3. The molecule has 1 amide bonds. The summed E-state index contributed by atoms with van der Waals surface area (Å²) in [6.07, 6.45) is 3.09. The maximum Gasteiger partial charge on any atom is 0.336 e. The first-order chi connectivity index (χ1) is 8.32. The summed E-state index contributed by atoms with van der Waals surface area (Å²) in [6.45, 7) is 10.4. The first-order valence-electron chi connectivity index (χ1n) is 5.48. The summed E-state index contributed by atoms with van der Waals surface area (Å²) in [5.74, 6) is -0.441. The van der Waals surface area contributed by atoms with Gasteiger partial charge in [-0.2, -0.15) is 13.1 Å². The highest BCUT2D eigenvalue weighted by Gasteiger charge is 2.17. The van der Waals surface area contributed by atoms with Crippen LogP contribution >= 0.6 is 0 Å². The van der Waals surface area contributed by atoms with Crippen molar-refractivity contribution in [1.82, 2.24) is 9.62 Å². The maximum absolute atomic E-state index is 11.7. The minimum atomic E-state index is -3.89. The Kier molecular flexibility index (Phi) is 7.49. The number of nitrogens with zero attached hydrogens (tertiary/aromatic N) is 1. The lowest BCUT2D eigenvalue weighted by atomic mass is 10.4. The molecule has 0 heterocycles. The predicted octanol–water partition coefficient (Wildman–Crippen LogP) is 0.446. The van der Waals surface area contributed by atoms with Gasteiger partial charge in [-0.15, -0.1) is 13.2 Å². The highest BCUT2D eigenvalue weighted by molar-refractivity contribution is 7.84. The second-order valence-corrected chi connectivity index (χ2v) is 5.24. The first-order valence-corrected chi connectivity index (χ1v) is 6.89. The molecule has 0 fully saturated rings. The summed E-state index contributed by atoms with van der Waals surface area (Å²) in [5.41, 5.74) is 0. The van der Waals surface area contributed by atoms with E-state index in [1.807, 2.05) is 0 Å². The van der Waals surface area contributed by atoms with E-state index in [4.69, 9.17) is 0 Å². The second-order valence-electron chi connectivity index (χ2n) is 3.86. The summed E-state index contributed by atoms with van der Waals surface area (Å²) in [6, 6.07) is -0.289. The van der Waals surface area contributed by atoms with Gasteiger partial charge in [0, 0.05) is 19.1 Å². The van der Waals surface area contributed by atoms with E-state index in [9.17, 15) is 13.2 Å². The largest absolute Gasteiger partial charge is 0.336 e. The second kappa shape index (κ2) is 8.02. The average molecular weight is 276 g/mol. The minimum absolute atomic E-state index is 0.289. The molecule has 1 N–H and O–H groups in total. The van der Waals surface area contributed by atoms with E-state index >= 15 is 0 Å². The van der Waals surface area contributed by atoms with Crippen molar-refractivity contribution in [2.75, 3.05) is 19.7 Å². The Labute approximate surface area is 109 Å². The molecule has 0 radical (unpaired) electrons. The lowest BCUT2D eigenvalue weighted by molar-refractivity contribution is -0.132. The minimum Gasteiger partial charge on any atom is -0.333 e. The normalized spacial score (nSPS) is 11.3. The molecule has 0 saturated heterocycles. The molecule has 104 valence electrons. The fraction of sp³-hybridized carbons (Fsp3) is 0.545. The molecule has 18 heavy (non-hydrogen) atoms. The fourth-order valence-electron chi connectivity index (χ4n) is 1.13. The number of carbonyl (C=O) groups excluding carboxylic acids is 1. The van der Waals surface area contributed by atoms with Gasteiger partial charge in [-0.1, -0.05) is 12.2 Å². The fourth-order valence-corrected chi connectivity index (χ4v) is 2.03. The van der Waals surface area contributed by atoms with E-state index in [2.05, 4.69) is 22.1 Å². The van der Waals surface area contributed by atoms with Crippen molar-refractivity contribution >= 4 is 16.2 Å². The van der Waals surface area contributed by atoms with Crippen LogP contribution in [0.4, 0.5) is 0 Å². The summed E-state index contributed by atoms with van der Waals surface area (Å²) in [7, 11) is -3.89. The summed E-state index contributed by atoms with van der Waals surface area (Å²) >= 11 is 0. The molecule has 6 nitrogen and oxygen atoms in total. The lowest BCUT2D eigenvalue weighted by Gasteiger charge is -2.19. The molecular formula is C11H20N2O4S. The summed E-state index contributed by atoms with van der Waals surface area (Å²) in [4.78, 5) is 13.0. The van der Waals surface area contributed by atoms with E-state index < -0.39 is 22.8 Å². The summed E-state index contributed by atoms with van der Waals surface area (Å²) in [5, 5.41) is 0. The van der Waals surface area contributed by atoms with Crippen LogP contribution in [-0.2, 0) is 19.3 Å². The molecule has 0 unspecified atom stereocenters. The number of nitrogens with one attached hydrogen (secondary N) is 1. The van der Waals surface area contributed by atoms with Crippen molar-refractivity contribution in [1.29, 1.82) is 0 Å². The van der Waals surface area contributed by atoms with E-state index in [0.717, 1.165) is 0 Å². The van der Waals surface area contributed by atoms with Gasteiger partial charge < -0.3 is 4.90 Å². The predicted molar refractivity (Wildman–Crippen MR) is 70.1 cm³/mol. The third kappa shape index (κ3) is 7.21. The lowest BCUT2D eigenvalue weighted by Crippen LogP contribution is -2.38. The van der Waals surface area contributed by atoms with Crippen LogP contribution in [0.1, 0.15) is 13.8 Å². The highest BCUT2D eigenvalue weighted by Crippen LogP contribution is 1.96. The molecule has 0 aliphatic carbocycles. The van der Waals surface area contributed by atoms with Gasteiger partial charge in [-0.05, 0) is 13.8 Å². The number of rotatable bonds is 9. The van der Waals surface area contributed by atoms with Crippen LogP contribution in [0, 0.1) is 0 Å². The van der Waals surface area contributed by atoms with E-state index in [-0.39, 0.29) is 6.04 Å². The van der Waals surface area contributed by atoms with Gasteiger partial charge in [0.05, 0.1) is 0 Å². The van der Waals surface area contributed by atoms with Crippen molar-refractivity contribution in [3.63, 3.8) is 0 Å². The Morgan fingerprint density at radius 3 is 2.22 bits per heavy atom. The molecule has 0 rings (SSSR count). The van der Waals surface area contributed by atoms with Gasteiger partial charge in [0.15, 0.2) is 0 Å². The van der Waals surface area contributed by atoms with Gasteiger partial charge in [-0.3, -0.25) is 4.79 Å². The van der Waals surface area contributed by atoms with Crippen molar-refractivity contribution in [2.24, 2.45) is 0 Å². The van der Waals surface area contributed by atoms with E-state index in [1.165, 1.54) is 4.90 Å². The molecule has 0 aromatic rings. The van der Waals surface area contributed by atoms with Crippen LogP contribution in [-0.4, -0.2) is 45.0 Å². The van der Waals surface area contributed by atoms with Crippen molar-refractivity contribution < 1.29 is 17.4 Å². The molecule has 0 spiro atoms. The van der Waals surface area contributed by atoms with E-state index in [1.54, 1.807) is 26.0 Å². The monoisotopic (exact) mass is 276 g/mol. The zero-order chi connectivity index (χ0) is 14.2. The quantitative estimate of drug-likeness (QED) is 0.620. The van der Waals surface area contributed by atoms with Crippen molar-refractivity contribution in [3.05, 3.63) is 25.3 Å². The Morgan fingerprint density at radius 2 is 1.83 bits per heavy atom. The topological polar surface area (TPSA) is 75.7 Å². The Morgan fingerprint density at radius 1 is 1.33 bits per heavy atom. The number of hydrogen-bond donors (Lipinski definition) is 1. The number of hydrogen-bond acceptors (Lipinski definition) is 4. The van der Waals surface area contributed by atoms with Crippen LogP contribution in [0.5, 0.6) is 0 Å². The first kappa shape index (κ1) is 16.8. The SMILES string of the molecule is C=CCN(CC=C)C(=O)COS(=O)(=O)NC(C)C. The molecule has 0 aliphatic heterocycles. The Bertz CT molecular complexity index is 380. The summed E-state index contributed by atoms with van der Waals surface area (Å²) < 4.78 is 29.5. The molecule has 7 heteroatoms. The van der Waals surface area contributed by atoms with Gasteiger partial charge in [-0.25, -0.2) is 4.18 Å². The van der Waals surface area contributed by atoms with Crippen molar-refractivity contribution in [3.8, 4) is 0 Å². The third-order valence-electron chi connectivity index (χ3n) is 1.77. The molecule has 0 atom stereocenters. The van der Waals surface area contributed by atoms with Crippen LogP contribution in [0.2, 0.25) is 0 Å². The zero-order valence-electron chi connectivity index (χ0n) is 10.8. The van der Waals surface area contributed by atoms with Crippen molar-refractivity contribution in [2.45, 2.75) is 19.9 Å². The third-order valence-corrected chi connectivity index (χ3v) is 2.96. The van der Waals surface area contributed by atoms with Gasteiger partial charge in [0.25, 0.3) is 5.91 Å². The van der Waals surface area contributed by atoms with Crippen LogP contribution in [0.3, 0.4) is 0 Å². The molecule has 0 saturated carbocycles. The number of carbonyl (C=O) groups is 1. The Balaban J connectivity index is 4.38. The highest BCUT2D eigenvalue weighted by atomic mass is 32.2. The molecule has 0 aromatic heterocycles. The molecule has 0 bridgehead atoms. The molecular weight excluding hydrogens is 256 g/mol. The van der Waals surface area contributed by atoms with Crippen LogP contribution in [0.25, 0.3) is 0 Å². The molecule has 0 aliphatic rings. The van der Waals surface area contributed by atoms with Crippen LogP contribution in [0.15, 0.2) is 25.3 Å². The maximum atomic E-state index is 11.7. The Hall–Kier alpha value is -1.18. The van der Waals surface area contributed by atoms with Gasteiger partial charge in [0.2, 0.25) is 0 Å². The van der Waals surface area contributed by atoms with Gasteiger partial charge >= 0.3 is 10.3 Å². The van der Waals surface area contributed by atoms with E-state index in [0.29, 0.717) is 13.1 Å². The van der Waals surface area contributed by atoms with Crippen LogP contribution < -0.4 is 4.72 Å². The zero-order valence-corrected chi connectivity index (χ0v) is 11.6. The average Bonchev–Trinajstić information content (AvgIpc) is 2.24.